The van der Waals surface area contributed by atoms with Crippen LogP contribution in [0.2, 0.25) is 0 Å². The summed E-state index contributed by atoms with van der Waals surface area (Å²) < 4.78 is 10.1. The molecule has 2 heterocycles. The second-order valence-electron chi connectivity index (χ2n) is 4.84. The minimum absolute atomic E-state index is 0.00145. The third kappa shape index (κ3) is 3.57. The van der Waals surface area contributed by atoms with E-state index in [0.29, 0.717) is 17.9 Å². The molecule has 2 rings (SSSR count). The molecule has 0 radical (unpaired) electrons. The first-order valence-corrected chi connectivity index (χ1v) is 6.88. The largest absolute Gasteiger partial charge is 0.464 e. The molecule has 2 amide bonds. The van der Waals surface area contributed by atoms with Crippen LogP contribution in [-0.2, 0) is 33.5 Å². The first-order valence-electron chi connectivity index (χ1n) is 6.88. The number of nitrogens with zero attached hydrogens (tertiary/aromatic N) is 1. The highest BCUT2D eigenvalue weighted by Crippen LogP contribution is 2.22. The SMILES string of the molecule is CCOC(=O)C1CCC(C(=O)ON2C(=O)CCC2=O)CO1. The number of amides is 2. The topological polar surface area (TPSA) is 99.2 Å². The highest BCUT2D eigenvalue weighted by Gasteiger charge is 2.37. The average molecular weight is 299 g/mol. The lowest BCUT2D eigenvalue weighted by Crippen LogP contribution is -2.40. The van der Waals surface area contributed by atoms with E-state index < -0.39 is 35.8 Å². The highest BCUT2D eigenvalue weighted by atomic mass is 16.7. The van der Waals surface area contributed by atoms with Gasteiger partial charge in [-0.3, -0.25) is 9.59 Å². The zero-order valence-electron chi connectivity index (χ0n) is 11.7. The molecule has 2 fully saturated rings. The van der Waals surface area contributed by atoms with Crippen molar-refractivity contribution in [2.45, 2.75) is 38.7 Å². The molecule has 116 valence electrons. The molecule has 8 heteroatoms. The van der Waals surface area contributed by atoms with Gasteiger partial charge in [0.2, 0.25) is 0 Å². The number of ether oxygens (including phenoxy) is 2. The summed E-state index contributed by atoms with van der Waals surface area (Å²) in [7, 11) is 0. The van der Waals surface area contributed by atoms with E-state index in [-0.39, 0.29) is 26.1 Å². The molecule has 2 aliphatic rings. The molecule has 2 saturated heterocycles. The van der Waals surface area contributed by atoms with E-state index in [2.05, 4.69) is 0 Å². The van der Waals surface area contributed by atoms with E-state index >= 15 is 0 Å². The van der Waals surface area contributed by atoms with E-state index in [1.165, 1.54) is 0 Å². The lowest BCUT2D eigenvalue weighted by molar-refractivity contribution is -0.204. The van der Waals surface area contributed by atoms with Crippen molar-refractivity contribution >= 4 is 23.8 Å². The van der Waals surface area contributed by atoms with Gasteiger partial charge in [-0.2, -0.15) is 0 Å². The molecule has 0 aromatic rings. The predicted octanol–water partition coefficient (Wildman–Crippen LogP) is -0.0481. The first-order chi connectivity index (χ1) is 10.0. The molecule has 0 saturated carbocycles. The van der Waals surface area contributed by atoms with Crippen molar-refractivity contribution in [1.82, 2.24) is 5.06 Å². The lowest BCUT2D eigenvalue weighted by Gasteiger charge is -2.27. The number of carbonyl (C=O) groups excluding carboxylic acids is 4. The number of hydrogen-bond acceptors (Lipinski definition) is 7. The van der Waals surface area contributed by atoms with Gasteiger partial charge in [0.25, 0.3) is 11.8 Å². The van der Waals surface area contributed by atoms with Crippen LogP contribution in [0.25, 0.3) is 0 Å². The summed E-state index contributed by atoms with van der Waals surface area (Å²) in [5, 5.41) is 0.514. The zero-order valence-corrected chi connectivity index (χ0v) is 11.7. The molecule has 0 aromatic heterocycles. The Labute approximate surface area is 121 Å². The van der Waals surface area contributed by atoms with E-state index in [4.69, 9.17) is 14.3 Å². The summed E-state index contributed by atoms with van der Waals surface area (Å²) in [6, 6.07) is 0. The molecule has 0 aliphatic carbocycles. The number of rotatable bonds is 4. The van der Waals surface area contributed by atoms with Gasteiger partial charge in [-0.15, -0.1) is 5.06 Å². The zero-order chi connectivity index (χ0) is 15.4. The number of esters is 1. The number of hydroxylamine groups is 2. The van der Waals surface area contributed by atoms with Crippen molar-refractivity contribution in [2.75, 3.05) is 13.2 Å². The number of imide groups is 1. The summed E-state index contributed by atoms with van der Waals surface area (Å²) in [6.07, 6.45) is 0.138. The van der Waals surface area contributed by atoms with Crippen LogP contribution >= 0.6 is 0 Å². The lowest BCUT2D eigenvalue weighted by atomic mass is 9.99. The van der Waals surface area contributed by atoms with Crippen LogP contribution in [0.5, 0.6) is 0 Å². The third-order valence-electron chi connectivity index (χ3n) is 3.35. The summed E-state index contributed by atoms with van der Waals surface area (Å²) in [5.74, 6) is -2.78. The van der Waals surface area contributed by atoms with E-state index in [9.17, 15) is 19.2 Å². The van der Waals surface area contributed by atoms with Crippen LogP contribution in [0.1, 0.15) is 32.6 Å². The molecule has 0 spiro atoms. The quantitative estimate of drug-likeness (QED) is 0.530. The van der Waals surface area contributed by atoms with Crippen LogP contribution in [0.3, 0.4) is 0 Å². The monoisotopic (exact) mass is 299 g/mol. The summed E-state index contributed by atoms with van der Waals surface area (Å²) in [6.45, 7) is 1.97. The summed E-state index contributed by atoms with van der Waals surface area (Å²) >= 11 is 0. The Balaban J connectivity index is 1.82. The van der Waals surface area contributed by atoms with Crippen LogP contribution < -0.4 is 0 Å². The molecule has 21 heavy (non-hydrogen) atoms. The van der Waals surface area contributed by atoms with Gasteiger partial charge in [0.15, 0.2) is 6.10 Å². The predicted molar refractivity (Wildman–Crippen MR) is 66.3 cm³/mol. The van der Waals surface area contributed by atoms with E-state index in [1.54, 1.807) is 6.92 Å². The summed E-state index contributed by atoms with van der Waals surface area (Å²) in [4.78, 5) is 50.9. The molecular weight excluding hydrogens is 282 g/mol. The molecule has 2 atom stereocenters. The second kappa shape index (κ2) is 6.66. The minimum Gasteiger partial charge on any atom is -0.464 e. The Morgan fingerprint density at radius 3 is 2.38 bits per heavy atom. The van der Waals surface area contributed by atoms with Gasteiger partial charge >= 0.3 is 11.9 Å². The molecule has 0 bridgehead atoms. The summed E-state index contributed by atoms with van der Waals surface area (Å²) in [5.41, 5.74) is 0. The van der Waals surface area contributed by atoms with Gasteiger partial charge in [0.05, 0.1) is 19.1 Å². The molecule has 8 nitrogen and oxygen atoms in total. The van der Waals surface area contributed by atoms with Gasteiger partial charge in [-0.1, -0.05) is 0 Å². The maximum atomic E-state index is 11.9. The number of carbonyl (C=O) groups is 4. The van der Waals surface area contributed by atoms with Crippen molar-refractivity contribution in [3.63, 3.8) is 0 Å². The van der Waals surface area contributed by atoms with Gasteiger partial charge in [0, 0.05) is 12.8 Å². The fourth-order valence-corrected chi connectivity index (χ4v) is 2.18. The fourth-order valence-electron chi connectivity index (χ4n) is 2.18. The second-order valence-corrected chi connectivity index (χ2v) is 4.84. The Morgan fingerprint density at radius 1 is 1.19 bits per heavy atom. The van der Waals surface area contributed by atoms with Crippen molar-refractivity contribution in [2.24, 2.45) is 5.92 Å². The van der Waals surface area contributed by atoms with Gasteiger partial charge in [-0.25, -0.2) is 9.59 Å². The first kappa shape index (κ1) is 15.4. The van der Waals surface area contributed by atoms with Crippen molar-refractivity contribution in [1.29, 1.82) is 0 Å². The molecule has 0 aromatic carbocycles. The van der Waals surface area contributed by atoms with Gasteiger partial charge in [0.1, 0.15) is 0 Å². The van der Waals surface area contributed by atoms with Crippen LogP contribution in [0.15, 0.2) is 0 Å². The standard InChI is InChI=1S/C13H17NO7/c1-2-19-13(18)9-4-3-8(7-20-9)12(17)21-14-10(15)5-6-11(14)16/h8-9H,2-7H2,1H3. The van der Waals surface area contributed by atoms with Crippen LogP contribution in [-0.4, -0.2) is 48.1 Å². The van der Waals surface area contributed by atoms with Crippen molar-refractivity contribution < 1.29 is 33.5 Å². The Bertz CT molecular complexity index is 437. The minimum atomic E-state index is -0.694. The smallest absolute Gasteiger partial charge is 0.338 e. The van der Waals surface area contributed by atoms with Gasteiger partial charge in [-0.05, 0) is 19.8 Å². The average Bonchev–Trinajstić information content (AvgIpc) is 2.79. The van der Waals surface area contributed by atoms with Crippen molar-refractivity contribution in [3.05, 3.63) is 0 Å². The Hall–Kier alpha value is -1.96. The van der Waals surface area contributed by atoms with Crippen LogP contribution in [0.4, 0.5) is 0 Å². The normalized spacial score (nSPS) is 25.9. The van der Waals surface area contributed by atoms with Crippen LogP contribution in [0, 0.1) is 5.92 Å². The Kier molecular flexibility index (Phi) is 4.89. The molecule has 2 aliphatic heterocycles. The highest BCUT2D eigenvalue weighted by molar-refractivity contribution is 6.01. The molecule has 0 N–H and O–H groups in total. The maximum absolute atomic E-state index is 11.9. The fraction of sp³-hybridized carbons (Fsp3) is 0.692. The molecular formula is C13H17NO7. The third-order valence-corrected chi connectivity index (χ3v) is 3.35. The Morgan fingerprint density at radius 2 is 1.86 bits per heavy atom. The maximum Gasteiger partial charge on any atom is 0.338 e. The van der Waals surface area contributed by atoms with Crippen molar-refractivity contribution in [3.8, 4) is 0 Å². The number of hydrogen-bond donors (Lipinski definition) is 0. The van der Waals surface area contributed by atoms with Gasteiger partial charge < -0.3 is 14.3 Å². The van der Waals surface area contributed by atoms with E-state index in [0.717, 1.165) is 0 Å². The van der Waals surface area contributed by atoms with E-state index in [1.807, 2.05) is 0 Å². The molecule has 2 unspecified atom stereocenters.